The van der Waals surface area contributed by atoms with E-state index in [1.54, 1.807) is 60.9 Å². The molecular formula is C42H48N8O8S2. The van der Waals surface area contributed by atoms with Gasteiger partial charge in [0.25, 0.3) is 0 Å². The highest BCUT2D eigenvalue weighted by atomic mass is 32.2. The van der Waals surface area contributed by atoms with Gasteiger partial charge in [-0.05, 0) is 125 Å². The molecule has 4 atom stereocenters. The molecule has 0 amide bonds. The lowest BCUT2D eigenvalue weighted by Crippen LogP contribution is -2.39. The minimum absolute atomic E-state index is 0.135. The summed E-state index contributed by atoms with van der Waals surface area (Å²) in [6.45, 7) is 7.42. The van der Waals surface area contributed by atoms with Crippen molar-refractivity contribution >= 4 is 31.7 Å². The average molecular weight is 857 g/mol. The highest BCUT2D eigenvalue weighted by Crippen LogP contribution is 2.35. The lowest BCUT2D eigenvalue weighted by Gasteiger charge is -2.17. The number of nitrogens with one attached hydrogen (secondary N) is 2. The maximum Gasteiger partial charge on any atom is 0.240 e. The maximum atomic E-state index is 12.9. The van der Waals surface area contributed by atoms with Gasteiger partial charge in [0.2, 0.25) is 20.0 Å². The van der Waals surface area contributed by atoms with Crippen LogP contribution in [0, 0.1) is 27.7 Å². The van der Waals surface area contributed by atoms with Gasteiger partial charge in [-0.15, -0.1) is 0 Å². The molecule has 4 aromatic heterocycles. The van der Waals surface area contributed by atoms with Gasteiger partial charge in [-0.3, -0.25) is 0 Å². The molecule has 0 bridgehead atoms. The Balaban J connectivity index is 0.000000181. The van der Waals surface area contributed by atoms with Crippen LogP contribution < -0.4 is 20.9 Å². The molecule has 2 aliphatic rings. The molecule has 2 aliphatic carbocycles. The quantitative estimate of drug-likeness (QED) is 0.0982. The fraction of sp³-hybridized carbons (Fsp3) is 0.333. The Bertz CT molecular complexity index is 2570. The van der Waals surface area contributed by atoms with Crippen molar-refractivity contribution in [2.24, 2.45) is 0 Å². The third-order valence-corrected chi connectivity index (χ3v) is 13.8. The largest absolute Gasteiger partial charge is 0.391 e. The topological polar surface area (TPSA) is 263 Å². The number of nitrogen functional groups attached to an aromatic ring is 2. The summed E-state index contributed by atoms with van der Waals surface area (Å²) in [4.78, 5) is 8.79. The summed E-state index contributed by atoms with van der Waals surface area (Å²) in [5.41, 5.74) is 19.3. The molecule has 2 aromatic carbocycles. The summed E-state index contributed by atoms with van der Waals surface area (Å²) in [6.07, 6.45) is 5.97. The molecule has 18 heteroatoms. The zero-order valence-corrected chi connectivity index (χ0v) is 35.2. The van der Waals surface area contributed by atoms with Crippen LogP contribution in [0.1, 0.15) is 61.0 Å². The van der Waals surface area contributed by atoms with E-state index in [9.17, 15) is 27.0 Å². The molecule has 2 saturated carbocycles. The van der Waals surface area contributed by atoms with Crippen LogP contribution in [0.4, 0.5) is 11.6 Å². The van der Waals surface area contributed by atoms with Gasteiger partial charge in [0.1, 0.15) is 11.6 Å². The molecule has 8 N–H and O–H groups in total. The third-order valence-electron chi connectivity index (χ3n) is 10.9. The second kappa shape index (κ2) is 17.2. The van der Waals surface area contributed by atoms with Crippen LogP contribution in [0.2, 0.25) is 0 Å². The van der Waals surface area contributed by atoms with E-state index in [1.165, 1.54) is 0 Å². The van der Waals surface area contributed by atoms with Gasteiger partial charge >= 0.3 is 0 Å². The summed E-state index contributed by atoms with van der Waals surface area (Å²) in [6, 6.07) is 16.1. The van der Waals surface area contributed by atoms with E-state index in [1.807, 2.05) is 39.8 Å². The number of rotatable bonds is 10. The molecule has 0 saturated heterocycles. The number of anilines is 2. The first-order chi connectivity index (χ1) is 28.5. The predicted molar refractivity (Wildman–Crippen MR) is 226 cm³/mol. The van der Waals surface area contributed by atoms with Gasteiger partial charge in [-0.25, -0.2) is 36.2 Å². The number of aliphatic hydroxyl groups excluding tert-OH is 2. The standard InChI is InChI=1S/2C21H24N4O4S/c2*1-12-6-7-15(30(27,28)25-18-4-3-5-19(18)26)10-16(12)14-9-17(21(22)23-11-14)20-8-13(2)24-29-20/h2*6-11,18-19,25-26H,3-5H2,1-2H3,(H2,22,23)/t2*18?,19-/m10/s1. The van der Waals surface area contributed by atoms with Crippen LogP contribution in [0.15, 0.2) is 91.9 Å². The van der Waals surface area contributed by atoms with E-state index < -0.39 is 44.3 Å². The average Bonchev–Trinajstić information content (AvgIpc) is 4.03. The molecule has 8 rings (SSSR count). The van der Waals surface area contributed by atoms with Crippen molar-refractivity contribution in [2.45, 2.75) is 100 Å². The Hall–Kier alpha value is -5.50. The first-order valence-electron chi connectivity index (χ1n) is 19.5. The second-order valence-corrected chi connectivity index (χ2v) is 18.8. The Morgan fingerprint density at radius 3 is 1.32 bits per heavy atom. The van der Waals surface area contributed by atoms with Crippen LogP contribution in [0.3, 0.4) is 0 Å². The number of pyridine rings is 2. The van der Waals surface area contributed by atoms with Crippen molar-refractivity contribution in [3.63, 3.8) is 0 Å². The minimum atomic E-state index is -3.77. The number of benzene rings is 2. The van der Waals surface area contributed by atoms with Gasteiger partial charge in [-0.1, -0.05) is 22.4 Å². The lowest BCUT2D eigenvalue weighted by molar-refractivity contribution is 0.158. The number of aliphatic hydroxyl groups is 2. The monoisotopic (exact) mass is 856 g/mol. The minimum Gasteiger partial charge on any atom is -0.391 e. The van der Waals surface area contributed by atoms with Gasteiger partial charge in [0.15, 0.2) is 11.5 Å². The van der Waals surface area contributed by atoms with Crippen molar-refractivity contribution < 1.29 is 36.1 Å². The fourth-order valence-electron chi connectivity index (χ4n) is 7.47. The first kappa shape index (κ1) is 42.6. The normalized spacial score (nSPS) is 19.3. The molecule has 60 heavy (non-hydrogen) atoms. The van der Waals surface area contributed by atoms with Crippen molar-refractivity contribution in [3.8, 4) is 44.9 Å². The van der Waals surface area contributed by atoms with E-state index in [0.29, 0.717) is 71.1 Å². The molecule has 6 aromatic rings. The summed E-state index contributed by atoms with van der Waals surface area (Å²) in [5, 5.41) is 27.7. The number of aryl methyl sites for hydroxylation is 4. The number of aromatic nitrogens is 4. The molecule has 0 radical (unpaired) electrons. The molecule has 0 spiro atoms. The number of hydrogen-bond donors (Lipinski definition) is 6. The summed E-state index contributed by atoms with van der Waals surface area (Å²) in [7, 11) is -7.55. The van der Waals surface area contributed by atoms with E-state index >= 15 is 0 Å². The van der Waals surface area contributed by atoms with Crippen molar-refractivity contribution in [1.29, 1.82) is 0 Å². The molecule has 316 valence electrons. The smallest absolute Gasteiger partial charge is 0.240 e. The summed E-state index contributed by atoms with van der Waals surface area (Å²) >= 11 is 0. The maximum absolute atomic E-state index is 12.9. The fourth-order valence-corrected chi connectivity index (χ4v) is 10.1. The van der Waals surface area contributed by atoms with Crippen molar-refractivity contribution in [3.05, 3.63) is 95.6 Å². The summed E-state index contributed by atoms with van der Waals surface area (Å²) < 4.78 is 67.5. The van der Waals surface area contributed by atoms with E-state index in [0.717, 1.165) is 46.5 Å². The van der Waals surface area contributed by atoms with Crippen LogP contribution in [0.25, 0.3) is 44.9 Å². The molecule has 4 heterocycles. The number of nitrogens with two attached hydrogens (primary N) is 2. The Morgan fingerprint density at radius 2 is 0.983 bits per heavy atom. The SMILES string of the molecule is Cc1cc(-c2cc(-c3cc(S(=O)(=O)NC4CCC[C@@H]4O)ccc3C)cnc2N)on1.Cc1cc(-c2cc(-c3cc(S(=O)(=O)NC4CCC[C@H]4O)ccc3C)cnc2N)on1. The lowest BCUT2D eigenvalue weighted by atomic mass is 10.00. The molecule has 2 fully saturated rings. The highest BCUT2D eigenvalue weighted by molar-refractivity contribution is 7.89. The predicted octanol–water partition coefficient (Wildman–Crippen LogP) is 5.59. The van der Waals surface area contributed by atoms with Gasteiger partial charge < -0.3 is 30.7 Å². The number of nitrogens with zero attached hydrogens (tertiary/aromatic N) is 4. The van der Waals surface area contributed by atoms with Crippen molar-refractivity contribution in [1.82, 2.24) is 29.7 Å². The van der Waals surface area contributed by atoms with Crippen LogP contribution in [-0.4, -0.2) is 71.6 Å². The molecular weight excluding hydrogens is 809 g/mol. The van der Waals surface area contributed by atoms with Crippen LogP contribution in [-0.2, 0) is 20.0 Å². The van der Waals surface area contributed by atoms with Gasteiger partial charge in [0.05, 0.1) is 44.5 Å². The van der Waals surface area contributed by atoms with Crippen LogP contribution in [0.5, 0.6) is 0 Å². The van der Waals surface area contributed by atoms with Gasteiger partial charge in [0, 0.05) is 47.7 Å². The molecule has 16 nitrogen and oxygen atoms in total. The molecule has 2 unspecified atom stereocenters. The second-order valence-electron chi connectivity index (χ2n) is 15.4. The van der Waals surface area contributed by atoms with Crippen LogP contribution >= 0.6 is 0 Å². The zero-order valence-electron chi connectivity index (χ0n) is 33.6. The highest BCUT2D eigenvalue weighted by Gasteiger charge is 2.31. The first-order valence-corrected chi connectivity index (χ1v) is 22.5. The summed E-state index contributed by atoms with van der Waals surface area (Å²) in [5.74, 6) is 1.59. The van der Waals surface area contributed by atoms with E-state index in [4.69, 9.17) is 20.5 Å². The van der Waals surface area contributed by atoms with E-state index in [2.05, 4.69) is 29.7 Å². The zero-order chi connectivity index (χ0) is 42.9. The molecule has 0 aliphatic heterocycles. The third kappa shape index (κ3) is 9.28. The Morgan fingerprint density at radius 1 is 0.583 bits per heavy atom. The van der Waals surface area contributed by atoms with Crippen molar-refractivity contribution in [2.75, 3.05) is 11.5 Å². The Kier molecular flexibility index (Phi) is 12.2. The number of hydrogen-bond acceptors (Lipinski definition) is 14. The van der Waals surface area contributed by atoms with E-state index in [-0.39, 0.29) is 9.79 Å². The van der Waals surface area contributed by atoms with Gasteiger partial charge in [-0.2, -0.15) is 0 Å². The Labute approximate surface area is 348 Å². The number of sulfonamides is 2.